The van der Waals surface area contributed by atoms with Crippen molar-refractivity contribution in [3.8, 4) is 0 Å². The molecule has 116 valence electrons. The summed E-state index contributed by atoms with van der Waals surface area (Å²) in [4.78, 5) is 25.3. The van der Waals surface area contributed by atoms with Gasteiger partial charge in [0, 0.05) is 10.9 Å². The van der Waals surface area contributed by atoms with Crippen LogP contribution in [0.3, 0.4) is 0 Å². The zero-order valence-corrected chi connectivity index (χ0v) is 13.5. The molecule has 1 unspecified atom stereocenters. The maximum absolute atomic E-state index is 12.4. The quantitative estimate of drug-likeness (QED) is 0.774. The van der Waals surface area contributed by atoms with E-state index in [4.69, 9.17) is 5.11 Å². The number of rotatable bonds is 8. The number of carbonyl (C=O) groups is 2. The highest BCUT2D eigenvalue weighted by Crippen LogP contribution is 2.34. The molecular formula is C16H23NO3S. The van der Waals surface area contributed by atoms with Gasteiger partial charge in [-0.15, -0.1) is 11.3 Å². The Morgan fingerprint density at radius 2 is 2.14 bits per heavy atom. The van der Waals surface area contributed by atoms with Crippen LogP contribution in [0.1, 0.15) is 59.6 Å². The molecule has 5 heteroatoms. The SMILES string of the molecule is CCCc1sc(C(=O)NC(CC(=O)O)C2CC2)cc1CC. The van der Waals surface area contributed by atoms with Gasteiger partial charge in [0.05, 0.1) is 11.3 Å². The fraction of sp³-hybridized carbons (Fsp3) is 0.625. The minimum atomic E-state index is -0.848. The highest BCUT2D eigenvalue weighted by Gasteiger charge is 2.34. The van der Waals surface area contributed by atoms with Crippen LogP contribution in [0, 0.1) is 5.92 Å². The average Bonchev–Trinajstić information content (AvgIpc) is 3.19. The van der Waals surface area contributed by atoms with Crippen LogP contribution < -0.4 is 5.32 Å². The predicted molar refractivity (Wildman–Crippen MR) is 83.9 cm³/mol. The molecule has 2 N–H and O–H groups in total. The molecule has 1 fully saturated rings. The van der Waals surface area contributed by atoms with Gasteiger partial charge in [-0.3, -0.25) is 9.59 Å². The van der Waals surface area contributed by atoms with Gasteiger partial charge in [-0.25, -0.2) is 0 Å². The maximum atomic E-state index is 12.4. The van der Waals surface area contributed by atoms with Crippen molar-refractivity contribution in [2.45, 2.75) is 58.4 Å². The molecule has 0 spiro atoms. The molecule has 1 heterocycles. The molecule has 0 radical (unpaired) electrons. The van der Waals surface area contributed by atoms with Crippen molar-refractivity contribution in [2.75, 3.05) is 0 Å². The van der Waals surface area contributed by atoms with Crippen LogP contribution in [0.2, 0.25) is 0 Å². The van der Waals surface area contributed by atoms with Gasteiger partial charge in [0.1, 0.15) is 0 Å². The Balaban J connectivity index is 2.06. The molecule has 1 aromatic rings. The molecule has 4 nitrogen and oxygen atoms in total. The summed E-state index contributed by atoms with van der Waals surface area (Å²) in [5, 5.41) is 11.9. The van der Waals surface area contributed by atoms with Gasteiger partial charge in [0.25, 0.3) is 5.91 Å². The van der Waals surface area contributed by atoms with Gasteiger partial charge in [0.2, 0.25) is 0 Å². The van der Waals surface area contributed by atoms with Crippen LogP contribution in [0.4, 0.5) is 0 Å². The van der Waals surface area contributed by atoms with Crippen molar-refractivity contribution in [1.29, 1.82) is 0 Å². The minimum absolute atomic E-state index is 0.0181. The monoisotopic (exact) mass is 309 g/mol. The first kappa shape index (κ1) is 16.0. The number of aryl methyl sites for hydroxylation is 2. The van der Waals surface area contributed by atoms with Gasteiger partial charge < -0.3 is 10.4 Å². The third-order valence-corrected chi connectivity index (χ3v) is 5.12. The van der Waals surface area contributed by atoms with Crippen LogP contribution >= 0.6 is 11.3 Å². The largest absolute Gasteiger partial charge is 0.481 e. The van der Waals surface area contributed by atoms with Gasteiger partial charge >= 0.3 is 5.97 Å². The molecule has 0 saturated heterocycles. The van der Waals surface area contributed by atoms with E-state index >= 15 is 0 Å². The average molecular weight is 309 g/mol. The summed E-state index contributed by atoms with van der Waals surface area (Å²) in [7, 11) is 0. The Kier molecular flexibility index (Phi) is 5.39. The summed E-state index contributed by atoms with van der Waals surface area (Å²) in [6.07, 6.45) is 5.05. The number of hydrogen-bond acceptors (Lipinski definition) is 3. The number of hydrogen-bond donors (Lipinski definition) is 2. The standard InChI is InChI=1S/C16H23NO3S/c1-3-5-13-10(4-2)8-14(21-13)16(20)17-12(9-15(18)19)11-6-7-11/h8,11-12H,3-7,9H2,1-2H3,(H,17,20)(H,18,19). The van der Waals surface area contributed by atoms with Crippen molar-refractivity contribution in [3.63, 3.8) is 0 Å². The van der Waals surface area contributed by atoms with Crippen LogP contribution in [0.25, 0.3) is 0 Å². The molecule has 21 heavy (non-hydrogen) atoms. The second-order valence-corrected chi connectivity index (χ2v) is 6.81. The molecule has 1 saturated carbocycles. The molecule has 0 aliphatic heterocycles. The van der Waals surface area contributed by atoms with Gasteiger partial charge in [-0.1, -0.05) is 20.3 Å². The number of thiophene rings is 1. The summed E-state index contributed by atoms with van der Waals surface area (Å²) >= 11 is 1.55. The zero-order valence-electron chi connectivity index (χ0n) is 12.6. The maximum Gasteiger partial charge on any atom is 0.305 e. The fourth-order valence-electron chi connectivity index (χ4n) is 2.58. The number of carboxylic acid groups (broad SMARTS) is 1. The van der Waals surface area contributed by atoms with E-state index in [0.29, 0.717) is 10.8 Å². The van der Waals surface area contributed by atoms with Crippen LogP contribution in [0.5, 0.6) is 0 Å². The number of aliphatic carboxylic acids is 1. The van der Waals surface area contributed by atoms with E-state index in [0.717, 1.165) is 32.1 Å². The first-order valence-electron chi connectivity index (χ1n) is 7.69. The van der Waals surface area contributed by atoms with Crippen molar-refractivity contribution in [2.24, 2.45) is 5.92 Å². The van der Waals surface area contributed by atoms with E-state index in [2.05, 4.69) is 19.2 Å². The molecule has 1 aliphatic rings. The number of nitrogens with one attached hydrogen (secondary N) is 1. The van der Waals surface area contributed by atoms with E-state index in [9.17, 15) is 9.59 Å². The Bertz CT molecular complexity index is 520. The number of amides is 1. The van der Waals surface area contributed by atoms with E-state index in [1.807, 2.05) is 6.07 Å². The molecule has 1 aliphatic carbocycles. The van der Waals surface area contributed by atoms with E-state index < -0.39 is 5.97 Å². The van der Waals surface area contributed by atoms with E-state index in [1.165, 1.54) is 10.4 Å². The number of carbonyl (C=O) groups excluding carboxylic acids is 1. The summed E-state index contributed by atoms with van der Waals surface area (Å²) < 4.78 is 0. The van der Waals surface area contributed by atoms with Gasteiger partial charge in [-0.05, 0) is 43.2 Å². The Hall–Kier alpha value is -1.36. The normalized spacial score (nSPS) is 15.7. The highest BCUT2D eigenvalue weighted by molar-refractivity contribution is 7.14. The molecule has 1 aromatic heterocycles. The third-order valence-electron chi connectivity index (χ3n) is 3.88. The molecule has 1 atom stereocenters. The van der Waals surface area contributed by atoms with E-state index in [1.54, 1.807) is 11.3 Å². The van der Waals surface area contributed by atoms with Crippen molar-refractivity contribution >= 4 is 23.2 Å². The Morgan fingerprint density at radius 1 is 1.43 bits per heavy atom. The summed E-state index contributed by atoms with van der Waals surface area (Å²) in [6.45, 7) is 4.23. The van der Waals surface area contributed by atoms with Crippen LogP contribution in [-0.2, 0) is 17.6 Å². The van der Waals surface area contributed by atoms with Crippen molar-refractivity contribution in [1.82, 2.24) is 5.32 Å². The summed E-state index contributed by atoms with van der Waals surface area (Å²) in [5.41, 5.74) is 1.24. The molecular weight excluding hydrogens is 286 g/mol. The lowest BCUT2D eigenvalue weighted by Crippen LogP contribution is -2.37. The van der Waals surface area contributed by atoms with Crippen molar-refractivity contribution < 1.29 is 14.7 Å². The zero-order chi connectivity index (χ0) is 15.4. The molecule has 0 bridgehead atoms. The number of carboxylic acids is 1. The fourth-order valence-corrected chi connectivity index (χ4v) is 3.84. The molecule has 2 rings (SSSR count). The molecule has 0 aromatic carbocycles. The van der Waals surface area contributed by atoms with Crippen LogP contribution in [-0.4, -0.2) is 23.0 Å². The first-order valence-corrected chi connectivity index (χ1v) is 8.51. The van der Waals surface area contributed by atoms with Crippen molar-refractivity contribution in [3.05, 3.63) is 21.4 Å². The third kappa shape index (κ3) is 4.30. The minimum Gasteiger partial charge on any atom is -0.481 e. The smallest absolute Gasteiger partial charge is 0.305 e. The Morgan fingerprint density at radius 3 is 2.67 bits per heavy atom. The second-order valence-electron chi connectivity index (χ2n) is 5.68. The lowest BCUT2D eigenvalue weighted by atomic mass is 10.1. The topological polar surface area (TPSA) is 66.4 Å². The Labute approximate surface area is 129 Å². The second kappa shape index (κ2) is 7.07. The highest BCUT2D eigenvalue weighted by atomic mass is 32.1. The predicted octanol–water partition coefficient (Wildman–Crippen LogP) is 3.25. The van der Waals surface area contributed by atoms with E-state index in [-0.39, 0.29) is 18.4 Å². The summed E-state index contributed by atoms with van der Waals surface area (Å²) in [6, 6.07) is 1.74. The van der Waals surface area contributed by atoms with Gasteiger partial charge in [-0.2, -0.15) is 0 Å². The summed E-state index contributed by atoms with van der Waals surface area (Å²) in [5.74, 6) is -0.625. The van der Waals surface area contributed by atoms with Gasteiger partial charge in [0.15, 0.2) is 0 Å². The van der Waals surface area contributed by atoms with Crippen LogP contribution in [0.15, 0.2) is 6.07 Å². The first-order chi connectivity index (χ1) is 10.0. The lowest BCUT2D eigenvalue weighted by molar-refractivity contribution is -0.137. The lowest BCUT2D eigenvalue weighted by Gasteiger charge is -2.15. The molecule has 1 amide bonds.